The molecule has 0 heterocycles. The maximum atomic E-state index is 5.73. The van der Waals surface area contributed by atoms with Crippen LogP contribution in [0.2, 0.25) is 0 Å². The topological polar surface area (TPSA) is 47.3 Å². The van der Waals surface area contributed by atoms with Crippen molar-refractivity contribution in [2.24, 2.45) is 17.7 Å². The van der Waals surface area contributed by atoms with Gasteiger partial charge in [0.1, 0.15) is 5.75 Å². The average molecular weight is 329 g/mol. The maximum Gasteiger partial charge on any atom is 0.124 e. The summed E-state index contributed by atoms with van der Waals surface area (Å²) in [4.78, 5) is 0. The predicted octanol–water partition coefficient (Wildman–Crippen LogP) is 4.03. The van der Waals surface area contributed by atoms with E-state index in [0.29, 0.717) is 11.8 Å². The standard InChI is InChI=1S/C15H25BrN2O/c1-10(2)7-11(3)8-14(18-17)13-6-5-12(16)9-15(13)19-4/h5-6,9-11,14,18H,7-8,17H2,1-4H3. The second-order valence-corrected chi connectivity index (χ2v) is 6.49. The predicted molar refractivity (Wildman–Crippen MR) is 84.0 cm³/mol. The molecule has 108 valence electrons. The molecular weight excluding hydrogens is 304 g/mol. The van der Waals surface area contributed by atoms with Crippen LogP contribution in [0.4, 0.5) is 0 Å². The summed E-state index contributed by atoms with van der Waals surface area (Å²) in [5, 5.41) is 0. The molecule has 0 amide bonds. The number of halogens is 1. The summed E-state index contributed by atoms with van der Waals surface area (Å²) in [5.41, 5.74) is 4.04. The van der Waals surface area contributed by atoms with Gasteiger partial charge in [0.05, 0.1) is 7.11 Å². The molecule has 0 spiro atoms. The van der Waals surface area contributed by atoms with Crippen molar-refractivity contribution in [2.75, 3.05) is 7.11 Å². The summed E-state index contributed by atoms with van der Waals surface area (Å²) in [5.74, 6) is 7.93. The number of rotatable bonds is 7. The highest BCUT2D eigenvalue weighted by Gasteiger charge is 2.18. The minimum absolute atomic E-state index is 0.122. The van der Waals surface area contributed by atoms with Crippen molar-refractivity contribution in [3.8, 4) is 5.75 Å². The van der Waals surface area contributed by atoms with E-state index in [1.807, 2.05) is 12.1 Å². The number of benzene rings is 1. The Balaban J connectivity index is 2.85. The van der Waals surface area contributed by atoms with E-state index in [1.54, 1.807) is 7.11 Å². The Kier molecular flexibility index (Phi) is 6.83. The monoisotopic (exact) mass is 328 g/mol. The van der Waals surface area contributed by atoms with Gasteiger partial charge in [0.25, 0.3) is 0 Å². The Morgan fingerprint density at radius 1 is 1.26 bits per heavy atom. The summed E-state index contributed by atoms with van der Waals surface area (Å²) in [6.45, 7) is 6.78. The quantitative estimate of drug-likeness (QED) is 0.586. The van der Waals surface area contributed by atoms with E-state index in [9.17, 15) is 0 Å². The van der Waals surface area contributed by atoms with Crippen molar-refractivity contribution >= 4 is 15.9 Å². The van der Waals surface area contributed by atoms with Crippen LogP contribution in [0.3, 0.4) is 0 Å². The summed E-state index contributed by atoms with van der Waals surface area (Å²) in [6, 6.07) is 6.19. The molecule has 4 heteroatoms. The number of hydrogen-bond donors (Lipinski definition) is 2. The lowest BCUT2D eigenvalue weighted by Gasteiger charge is -2.23. The zero-order chi connectivity index (χ0) is 14.4. The van der Waals surface area contributed by atoms with E-state index in [4.69, 9.17) is 10.6 Å². The number of ether oxygens (including phenoxy) is 1. The second kappa shape index (κ2) is 7.88. The highest BCUT2D eigenvalue weighted by atomic mass is 79.9. The zero-order valence-corrected chi connectivity index (χ0v) is 13.8. The Bertz CT molecular complexity index is 396. The van der Waals surface area contributed by atoms with Gasteiger partial charge in [-0.15, -0.1) is 0 Å². The molecule has 0 saturated carbocycles. The lowest BCUT2D eigenvalue weighted by molar-refractivity contribution is 0.346. The summed E-state index contributed by atoms with van der Waals surface area (Å²) >= 11 is 3.46. The van der Waals surface area contributed by atoms with Crippen LogP contribution >= 0.6 is 15.9 Å². The van der Waals surface area contributed by atoms with Crippen LogP contribution in [0.25, 0.3) is 0 Å². The first-order valence-corrected chi connectivity index (χ1v) is 7.56. The minimum Gasteiger partial charge on any atom is -0.496 e. The average Bonchev–Trinajstić information content (AvgIpc) is 2.35. The normalized spacial score (nSPS) is 14.5. The molecule has 0 saturated heterocycles. The first-order valence-electron chi connectivity index (χ1n) is 6.77. The number of nitrogens with two attached hydrogens (primary N) is 1. The van der Waals surface area contributed by atoms with Gasteiger partial charge in [0, 0.05) is 16.1 Å². The van der Waals surface area contributed by atoms with Gasteiger partial charge in [-0.2, -0.15) is 0 Å². The molecule has 0 aliphatic rings. The van der Waals surface area contributed by atoms with E-state index in [0.717, 1.165) is 22.2 Å². The third-order valence-corrected chi connectivity index (χ3v) is 3.78. The SMILES string of the molecule is COc1cc(Br)ccc1C(CC(C)CC(C)C)NN. The molecule has 1 rings (SSSR count). The molecule has 2 atom stereocenters. The molecular formula is C15H25BrN2O. The van der Waals surface area contributed by atoms with Crippen molar-refractivity contribution in [1.29, 1.82) is 0 Å². The molecule has 1 aromatic carbocycles. The molecule has 3 N–H and O–H groups in total. The highest BCUT2D eigenvalue weighted by Crippen LogP contribution is 2.32. The van der Waals surface area contributed by atoms with Gasteiger partial charge < -0.3 is 4.74 Å². The highest BCUT2D eigenvalue weighted by molar-refractivity contribution is 9.10. The van der Waals surface area contributed by atoms with E-state index in [1.165, 1.54) is 6.42 Å². The van der Waals surface area contributed by atoms with E-state index in [2.05, 4.69) is 48.2 Å². The molecule has 0 aromatic heterocycles. The summed E-state index contributed by atoms with van der Waals surface area (Å²) in [7, 11) is 1.69. The fourth-order valence-corrected chi connectivity index (χ4v) is 2.90. The van der Waals surface area contributed by atoms with Crippen LogP contribution < -0.4 is 16.0 Å². The smallest absolute Gasteiger partial charge is 0.124 e. The molecule has 2 unspecified atom stereocenters. The molecule has 1 aromatic rings. The Morgan fingerprint density at radius 2 is 1.95 bits per heavy atom. The van der Waals surface area contributed by atoms with E-state index >= 15 is 0 Å². The third kappa shape index (κ3) is 5.13. The number of nitrogens with one attached hydrogen (secondary N) is 1. The van der Waals surface area contributed by atoms with Gasteiger partial charge in [0.15, 0.2) is 0 Å². The van der Waals surface area contributed by atoms with Crippen molar-refractivity contribution in [3.63, 3.8) is 0 Å². The number of hydrogen-bond acceptors (Lipinski definition) is 3. The van der Waals surface area contributed by atoms with Crippen molar-refractivity contribution in [1.82, 2.24) is 5.43 Å². The molecule has 0 aliphatic heterocycles. The zero-order valence-electron chi connectivity index (χ0n) is 12.2. The lowest BCUT2D eigenvalue weighted by Crippen LogP contribution is -2.30. The van der Waals surface area contributed by atoms with Crippen LogP contribution in [0.15, 0.2) is 22.7 Å². The van der Waals surface area contributed by atoms with Gasteiger partial charge in [-0.3, -0.25) is 11.3 Å². The maximum absolute atomic E-state index is 5.73. The van der Waals surface area contributed by atoms with Crippen molar-refractivity contribution < 1.29 is 4.74 Å². The molecule has 0 aliphatic carbocycles. The Morgan fingerprint density at radius 3 is 2.47 bits per heavy atom. The molecule has 3 nitrogen and oxygen atoms in total. The van der Waals surface area contributed by atoms with Crippen molar-refractivity contribution in [3.05, 3.63) is 28.2 Å². The van der Waals surface area contributed by atoms with Crippen LogP contribution in [0, 0.1) is 11.8 Å². The number of hydrazine groups is 1. The van der Waals surface area contributed by atoms with Gasteiger partial charge in [-0.25, -0.2) is 0 Å². The second-order valence-electron chi connectivity index (χ2n) is 5.58. The lowest BCUT2D eigenvalue weighted by atomic mass is 9.90. The van der Waals surface area contributed by atoms with Gasteiger partial charge in [0.2, 0.25) is 0 Å². The van der Waals surface area contributed by atoms with Crippen LogP contribution in [-0.4, -0.2) is 7.11 Å². The molecule has 0 radical (unpaired) electrons. The fourth-order valence-electron chi connectivity index (χ4n) is 2.56. The van der Waals surface area contributed by atoms with Crippen LogP contribution in [0.5, 0.6) is 5.75 Å². The first kappa shape index (κ1) is 16.5. The van der Waals surface area contributed by atoms with E-state index < -0.39 is 0 Å². The minimum atomic E-state index is 0.122. The first-order chi connectivity index (χ1) is 8.97. The van der Waals surface area contributed by atoms with Gasteiger partial charge in [-0.05, 0) is 36.8 Å². The summed E-state index contributed by atoms with van der Waals surface area (Å²) in [6.07, 6.45) is 2.21. The molecule has 19 heavy (non-hydrogen) atoms. The fraction of sp³-hybridized carbons (Fsp3) is 0.600. The van der Waals surface area contributed by atoms with Gasteiger partial charge in [-0.1, -0.05) is 42.8 Å². The van der Waals surface area contributed by atoms with Crippen LogP contribution in [-0.2, 0) is 0 Å². The van der Waals surface area contributed by atoms with Gasteiger partial charge >= 0.3 is 0 Å². The largest absolute Gasteiger partial charge is 0.496 e. The molecule has 0 fully saturated rings. The third-order valence-electron chi connectivity index (χ3n) is 3.28. The van der Waals surface area contributed by atoms with Crippen LogP contribution in [0.1, 0.15) is 45.2 Å². The number of methoxy groups -OCH3 is 1. The Labute approximate surface area is 125 Å². The summed E-state index contributed by atoms with van der Waals surface area (Å²) < 4.78 is 6.46. The van der Waals surface area contributed by atoms with Crippen molar-refractivity contribution in [2.45, 2.75) is 39.7 Å². The Hall–Kier alpha value is -0.580. The van der Waals surface area contributed by atoms with E-state index in [-0.39, 0.29) is 6.04 Å². The molecule has 0 bridgehead atoms.